The van der Waals surface area contributed by atoms with E-state index in [9.17, 15) is 0 Å². The van der Waals surface area contributed by atoms with Gasteiger partial charge in [0, 0.05) is 37.2 Å². The van der Waals surface area contributed by atoms with Crippen LogP contribution in [0.2, 0.25) is 0 Å². The normalized spacial score (nSPS) is 14.9. The number of rotatable bonds is 8. The lowest BCUT2D eigenvalue weighted by Crippen LogP contribution is -2.12. The molecule has 1 N–H and O–H groups in total. The van der Waals surface area contributed by atoms with Gasteiger partial charge in [0.2, 0.25) is 0 Å². The number of ether oxygens (including phenoxy) is 1. The smallest absolute Gasteiger partial charge is 0.125 e. The van der Waals surface area contributed by atoms with Crippen LogP contribution in [0.25, 0.3) is 5.57 Å². The molecule has 0 saturated heterocycles. The molecule has 0 amide bonds. The molecule has 0 aliphatic carbocycles. The van der Waals surface area contributed by atoms with Crippen LogP contribution in [0.3, 0.4) is 0 Å². The van der Waals surface area contributed by atoms with Gasteiger partial charge in [0.05, 0.1) is 24.6 Å². The lowest BCUT2D eigenvalue weighted by molar-refractivity contribution is 0.161. The van der Waals surface area contributed by atoms with Crippen molar-refractivity contribution in [2.75, 3.05) is 25.1 Å². The number of imidazole rings is 1. The maximum Gasteiger partial charge on any atom is 0.125 e. The van der Waals surface area contributed by atoms with Crippen LogP contribution in [-0.4, -0.2) is 40.0 Å². The third kappa shape index (κ3) is 5.04. The predicted molar refractivity (Wildman–Crippen MR) is 115 cm³/mol. The van der Waals surface area contributed by atoms with E-state index in [1.165, 1.54) is 5.57 Å². The zero-order chi connectivity index (χ0) is 19.8. The summed E-state index contributed by atoms with van der Waals surface area (Å²) in [5, 5.41) is 3.36. The Morgan fingerprint density at radius 1 is 1.43 bits per heavy atom. The number of hydrogen-bond acceptors (Lipinski definition) is 5. The highest BCUT2D eigenvalue weighted by Gasteiger charge is 2.11. The molecule has 1 aliphatic heterocycles. The minimum absolute atomic E-state index is 0.678. The fourth-order valence-corrected chi connectivity index (χ4v) is 3.00. The van der Waals surface area contributed by atoms with Gasteiger partial charge >= 0.3 is 0 Å². The standard InChI is InChI=1S/C22H27N5O/c1-4-10-23-20(5-2)19-6-7-22(25-15-19)24-11-12-27-16-21(26-17(27)3)18-8-13-28-14-9-18/h4-8,10,15-16H,2,9,11-14H2,1,3H3,(H,24,25)/b10-4-,23-20?. The molecule has 6 nitrogen and oxygen atoms in total. The molecule has 0 aromatic carbocycles. The second-order valence-corrected chi connectivity index (χ2v) is 6.48. The van der Waals surface area contributed by atoms with Crippen LogP contribution < -0.4 is 5.32 Å². The molecule has 28 heavy (non-hydrogen) atoms. The molecule has 2 aromatic heterocycles. The molecule has 1 aliphatic rings. The van der Waals surface area contributed by atoms with E-state index in [2.05, 4.69) is 38.7 Å². The van der Waals surface area contributed by atoms with Gasteiger partial charge in [-0.2, -0.15) is 0 Å². The summed E-state index contributed by atoms with van der Waals surface area (Å²) in [6, 6.07) is 3.96. The molecule has 0 saturated carbocycles. The largest absolute Gasteiger partial charge is 0.377 e. The fourth-order valence-electron chi connectivity index (χ4n) is 3.00. The number of nitrogens with one attached hydrogen (secondary N) is 1. The molecule has 0 fully saturated rings. The molecule has 0 bridgehead atoms. The molecular weight excluding hydrogens is 350 g/mol. The number of aromatic nitrogens is 3. The summed E-state index contributed by atoms with van der Waals surface area (Å²) in [6.07, 6.45) is 12.3. The number of pyridine rings is 1. The molecule has 146 valence electrons. The summed E-state index contributed by atoms with van der Waals surface area (Å²) in [5.74, 6) is 1.85. The summed E-state index contributed by atoms with van der Waals surface area (Å²) < 4.78 is 7.55. The first kappa shape index (κ1) is 19.8. The Morgan fingerprint density at radius 3 is 3.00 bits per heavy atom. The Balaban J connectivity index is 1.57. The molecule has 6 heteroatoms. The van der Waals surface area contributed by atoms with E-state index in [4.69, 9.17) is 9.72 Å². The minimum Gasteiger partial charge on any atom is -0.377 e. The highest BCUT2D eigenvalue weighted by atomic mass is 16.5. The Kier molecular flexibility index (Phi) is 6.92. The third-order valence-electron chi connectivity index (χ3n) is 4.54. The van der Waals surface area contributed by atoms with Gasteiger partial charge in [0.25, 0.3) is 0 Å². The number of hydrogen-bond donors (Lipinski definition) is 1. The first-order valence-corrected chi connectivity index (χ1v) is 9.54. The van der Waals surface area contributed by atoms with E-state index in [1.54, 1.807) is 12.3 Å². The van der Waals surface area contributed by atoms with Gasteiger partial charge in [-0.3, -0.25) is 4.99 Å². The number of aliphatic imine (C=N–C) groups is 1. The number of aryl methyl sites for hydroxylation is 1. The molecule has 0 spiro atoms. The molecule has 2 aromatic rings. The zero-order valence-corrected chi connectivity index (χ0v) is 16.6. The first-order valence-electron chi connectivity index (χ1n) is 9.54. The van der Waals surface area contributed by atoms with E-state index >= 15 is 0 Å². The summed E-state index contributed by atoms with van der Waals surface area (Å²) in [6.45, 7) is 10.8. The van der Waals surface area contributed by atoms with Crippen molar-refractivity contribution in [3.63, 3.8) is 0 Å². The highest BCUT2D eigenvalue weighted by molar-refractivity contribution is 6.08. The van der Waals surface area contributed by atoms with Crippen LogP contribution in [0.5, 0.6) is 0 Å². The molecule has 0 radical (unpaired) electrons. The Hall–Kier alpha value is -2.99. The van der Waals surface area contributed by atoms with E-state index < -0.39 is 0 Å². The maximum absolute atomic E-state index is 5.38. The topological polar surface area (TPSA) is 64.3 Å². The monoisotopic (exact) mass is 377 g/mol. The van der Waals surface area contributed by atoms with Crippen molar-refractivity contribution >= 4 is 17.1 Å². The van der Waals surface area contributed by atoms with Gasteiger partial charge in [-0.1, -0.05) is 18.7 Å². The van der Waals surface area contributed by atoms with E-state index in [1.807, 2.05) is 38.3 Å². The van der Waals surface area contributed by atoms with Crippen LogP contribution >= 0.6 is 0 Å². The summed E-state index contributed by atoms with van der Waals surface area (Å²) >= 11 is 0. The quantitative estimate of drug-likeness (QED) is 0.706. The lowest BCUT2D eigenvalue weighted by atomic mass is 10.1. The first-order chi connectivity index (χ1) is 13.7. The minimum atomic E-state index is 0.678. The van der Waals surface area contributed by atoms with Gasteiger partial charge in [0.1, 0.15) is 11.6 Å². The average Bonchev–Trinajstić information content (AvgIpc) is 3.11. The van der Waals surface area contributed by atoms with Gasteiger partial charge < -0.3 is 14.6 Å². The second-order valence-electron chi connectivity index (χ2n) is 6.48. The number of allylic oxidation sites excluding steroid dienone is 2. The van der Waals surface area contributed by atoms with Crippen molar-refractivity contribution in [3.05, 3.63) is 72.6 Å². The van der Waals surface area contributed by atoms with Gasteiger partial charge in [-0.25, -0.2) is 9.97 Å². The number of nitrogens with zero attached hydrogens (tertiary/aromatic N) is 4. The maximum atomic E-state index is 5.38. The van der Waals surface area contributed by atoms with E-state index in [0.29, 0.717) is 6.61 Å². The van der Waals surface area contributed by atoms with Crippen LogP contribution in [0.15, 0.2) is 60.5 Å². The molecular formula is C22H27N5O. The van der Waals surface area contributed by atoms with Gasteiger partial charge in [-0.05, 0) is 44.1 Å². The van der Waals surface area contributed by atoms with E-state index in [0.717, 1.165) is 54.7 Å². The Morgan fingerprint density at radius 2 is 2.32 bits per heavy atom. The van der Waals surface area contributed by atoms with E-state index in [-0.39, 0.29) is 0 Å². The lowest BCUT2D eigenvalue weighted by Gasteiger charge is -2.11. The molecule has 0 atom stereocenters. The third-order valence-corrected chi connectivity index (χ3v) is 4.54. The van der Waals surface area contributed by atoms with Crippen molar-refractivity contribution in [2.45, 2.75) is 26.8 Å². The summed E-state index contributed by atoms with van der Waals surface area (Å²) in [5.41, 5.74) is 4.08. The van der Waals surface area contributed by atoms with Crippen LogP contribution in [-0.2, 0) is 11.3 Å². The zero-order valence-electron chi connectivity index (χ0n) is 16.6. The number of anilines is 1. The SMILES string of the molecule is C=CC(=N/C=C\C)c1ccc(NCCn2cc(C3=CCOCC3)nc2C)nc1. The van der Waals surface area contributed by atoms with Crippen molar-refractivity contribution in [1.29, 1.82) is 0 Å². The van der Waals surface area contributed by atoms with Crippen molar-refractivity contribution in [3.8, 4) is 0 Å². The second kappa shape index (κ2) is 9.80. The summed E-state index contributed by atoms with van der Waals surface area (Å²) in [7, 11) is 0. The van der Waals surface area contributed by atoms with Crippen molar-refractivity contribution in [2.24, 2.45) is 4.99 Å². The predicted octanol–water partition coefficient (Wildman–Crippen LogP) is 4.01. The Labute approximate surface area is 166 Å². The van der Waals surface area contributed by atoms with Gasteiger partial charge in [0.15, 0.2) is 0 Å². The summed E-state index contributed by atoms with van der Waals surface area (Å²) in [4.78, 5) is 13.5. The fraction of sp³-hybridized carbons (Fsp3) is 0.318. The van der Waals surface area contributed by atoms with Crippen molar-refractivity contribution < 1.29 is 4.74 Å². The van der Waals surface area contributed by atoms with Crippen LogP contribution in [0.4, 0.5) is 5.82 Å². The molecule has 3 heterocycles. The molecule has 0 unspecified atom stereocenters. The van der Waals surface area contributed by atoms with Crippen LogP contribution in [0, 0.1) is 6.92 Å². The van der Waals surface area contributed by atoms with Crippen molar-refractivity contribution in [1.82, 2.24) is 14.5 Å². The van der Waals surface area contributed by atoms with Crippen LogP contribution in [0.1, 0.15) is 30.4 Å². The molecule has 3 rings (SSSR count). The Bertz CT molecular complexity index is 890. The van der Waals surface area contributed by atoms with Gasteiger partial charge in [-0.15, -0.1) is 0 Å². The average molecular weight is 377 g/mol. The highest BCUT2D eigenvalue weighted by Crippen LogP contribution is 2.20.